The zero-order chi connectivity index (χ0) is 15.5. The van der Waals surface area contributed by atoms with Crippen LogP contribution in [0.2, 0.25) is 0 Å². The van der Waals surface area contributed by atoms with E-state index in [1.807, 2.05) is 0 Å². The molecule has 0 radical (unpaired) electrons. The summed E-state index contributed by atoms with van der Waals surface area (Å²) in [4.78, 5) is 12.0. The molecular weight excluding hydrogens is 292 g/mol. The zero-order valence-corrected chi connectivity index (χ0v) is 12.5. The number of anilines is 1. The molecule has 2 N–H and O–H groups in total. The number of hydrogen-bond donors (Lipinski definition) is 2. The maximum atomic E-state index is 11.8. The zero-order valence-electron chi connectivity index (χ0n) is 11.7. The van der Waals surface area contributed by atoms with Crippen molar-refractivity contribution in [2.24, 2.45) is 0 Å². The van der Waals surface area contributed by atoms with Crippen LogP contribution in [0.15, 0.2) is 45.9 Å². The Kier molecular flexibility index (Phi) is 4.32. The number of aryl methyl sites for hydroxylation is 1. The number of furan rings is 1. The Labute approximate surface area is 123 Å². The van der Waals surface area contributed by atoms with Gasteiger partial charge in [-0.1, -0.05) is 6.07 Å². The molecule has 2 aromatic rings. The molecule has 0 saturated heterocycles. The minimum absolute atomic E-state index is 0.162. The van der Waals surface area contributed by atoms with Crippen LogP contribution in [0.1, 0.15) is 11.3 Å². The van der Waals surface area contributed by atoms with E-state index >= 15 is 0 Å². The lowest BCUT2D eigenvalue weighted by molar-refractivity contribution is 0.251. The molecule has 21 heavy (non-hydrogen) atoms. The first-order chi connectivity index (χ1) is 9.86. The van der Waals surface area contributed by atoms with Crippen molar-refractivity contribution in [2.75, 3.05) is 11.6 Å². The van der Waals surface area contributed by atoms with Crippen molar-refractivity contribution in [3.8, 4) is 0 Å². The van der Waals surface area contributed by atoms with E-state index in [9.17, 15) is 13.2 Å². The number of sulfone groups is 1. The predicted molar refractivity (Wildman–Crippen MR) is 78.9 cm³/mol. The van der Waals surface area contributed by atoms with Gasteiger partial charge in [-0.3, -0.25) is 0 Å². The number of urea groups is 1. The highest BCUT2D eigenvalue weighted by Gasteiger charge is 2.11. The normalized spacial score (nSPS) is 11.1. The number of hydrogen-bond acceptors (Lipinski definition) is 4. The van der Waals surface area contributed by atoms with E-state index in [2.05, 4.69) is 10.6 Å². The molecule has 0 atom stereocenters. The van der Waals surface area contributed by atoms with Gasteiger partial charge >= 0.3 is 6.03 Å². The Morgan fingerprint density at radius 1 is 1.29 bits per heavy atom. The van der Waals surface area contributed by atoms with Gasteiger partial charge < -0.3 is 15.1 Å². The first-order valence-electron chi connectivity index (χ1n) is 6.24. The average molecular weight is 308 g/mol. The number of benzene rings is 1. The molecule has 2 amide bonds. The molecule has 0 aliphatic rings. The molecule has 0 aliphatic carbocycles. The van der Waals surface area contributed by atoms with Crippen molar-refractivity contribution in [2.45, 2.75) is 18.4 Å². The topological polar surface area (TPSA) is 88.4 Å². The summed E-state index contributed by atoms with van der Waals surface area (Å²) in [6, 6.07) is 7.65. The summed E-state index contributed by atoms with van der Waals surface area (Å²) in [5, 5.41) is 5.25. The predicted octanol–water partition coefficient (Wildman–Crippen LogP) is 2.31. The molecular formula is C14H16N2O4S. The molecule has 6 nitrogen and oxygen atoms in total. The summed E-state index contributed by atoms with van der Waals surface area (Å²) in [6.45, 7) is 2.04. The Hall–Kier alpha value is -2.28. The second-order valence-electron chi connectivity index (χ2n) is 4.64. The molecule has 2 rings (SSSR count). The second-order valence-corrected chi connectivity index (χ2v) is 6.65. The van der Waals surface area contributed by atoms with Crippen LogP contribution in [0.3, 0.4) is 0 Å². The van der Waals surface area contributed by atoms with E-state index in [1.165, 1.54) is 18.4 Å². The third-order valence-corrected chi connectivity index (χ3v) is 4.00. The lowest BCUT2D eigenvalue weighted by atomic mass is 10.2. The Morgan fingerprint density at radius 3 is 2.67 bits per heavy atom. The highest BCUT2D eigenvalue weighted by Crippen LogP contribution is 2.20. The molecule has 0 spiro atoms. The molecule has 1 aromatic heterocycles. The van der Waals surface area contributed by atoms with Gasteiger partial charge in [0.05, 0.1) is 17.7 Å². The van der Waals surface area contributed by atoms with Gasteiger partial charge in [0.25, 0.3) is 0 Å². The fourth-order valence-corrected chi connectivity index (χ4v) is 2.36. The first kappa shape index (κ1) is 15.1. The summed E-state index contributed by atoms with van der Waals surface area (Å²) in [7, 11) is -3.31. The summed E-state index contributed by atoms with van der Waals surface area (Å²) >= 11 is 0. The van der Waals surface area contributed by atoms with Crippen LogP contribution in [-0.4, -0.2) is 20.7 Å². The van der Waals surface area contributed by atoms with E-state index < -0.39 is 15.9 Å². The van der Waals surface area contributed by atoms with Gasteiger partial charge in [0.2, 0.25) is 0 Å². The van der Waals surface area contributed by atoms with Crippen molar-refractivity contribution in [1.82, 2.24) is 5.32 Å². The summed E-state index contributed by atoms with van der Waals surface area (Å²) < 4.78 is 28.1. The van der Waals surface area contributed by atoms with Crippen LogP contribution in [0, 0.1) is 6.92 Å². The minimum Gasteiger partial charge on any atom is -0.467 e. The van der Waals surface area contributed by atoms with Crippen molar-refractivity contribution in [3.05, 3.63) is 47.9 Å². The Morgan fingerprint density at radius 2 is 2.05 bits per heavy atom. The monoisotopic (exact) mass is 308 g/mol. The highest BCUT2D eigenvalue weighted by atomic mass is 32.2. The summed E-state index contributed by atoms with van der Waals surface area (Å²) in [5.41, 5.74) is 1.23. The molecule has 0 saturated carbocycles. The molecule has 7 heteroatoms. The van der Waals surface area contributed by atoms with E-state index in [4.69, 9.17) is 4.42 Å². The van der Waals surface area contributed by atoms with Crippen LogP contribution in [0.25, 0.3) is 0 Å². The minimum atomic E-state index is -3.31. The van der Waals surface area contributed by atoms with Gasteiger partial charge in [-0.05, 0) is 36.8 Å². The molecule has 0 aliphatic heterocycles. The van der Waals surface area contributed by atoms with Crippen LogP contribution in [0.4, 0.5) is 10.5 Å². The average Bonchev–Trinajstić information content (AvgIpc) is 2.91. The van der Waals surface area contributed by atoms with E-state index in [-0.39, 0.29) is 11.4 Å². The quantitative estimate of drug-likeness (QED) is 0.907. The van der Waals surface area contributed by atoms with E-state index in [1.54, 1.807) is 25.1 Å². The van der Waals surface area contributed by atoms with Crippen LogP contribution < -0.4 is 10.6 Å². The fourth-order valence-electron chi connectivity index (χ4n) is 1.71. The van der Waals surface area contributed by atoms with Crippen molar-refractivity contribution >= 4 is 21.6 Å². The largest absolute Gasteiger partial charge is 0.467 e. The van der Waals surface area contributed by atoms with Crippen LogP contribution >= 0.6 is 0 Å². The third kappa shape index (κ3) is 4.09. The van der Waals surface area contributed by atoms with Gasteiger partial charge in [0.15, 0.2) is 9.84 Å². The fraction of sp³-hybridized carbons (Fsp3) is 0.214. The van der Waals surface area contributed by atoms with Gasteiger partial charge in [-0.15, -0.1) is 0 Å². The molecule has 1 aromatic carbocycles. The standard InChI is InChI=1S/C14H16N2O4S/c1-10-5-6-12(21(2,18)19)8-13(10)16-14(17)15-9-11-4-3-7-20-11/h3-8H,9H2,1-2H3,(H2,15,16,17). The molecule has 0 fully saturated rings. The number of carbonyl (C=O) groups is 1. The molecule has 0 bridgehead atoms. The van der Waals surface area contributed by atoms with Crippen LogP contribution in [-0.2, 0) is 16.4 Å². The lowest BCUT2D eigenvalue weighted by Gasteiger charge is -2.10. The second kappa shape index (κ2) is 6.01. The molecule has 112 valence electrons. The van der Waals surface area contributed by atoms with Crippen LogP contribution in [0.5, 0.6) is 0 Å². The van der Waals surface area contributed by atoms with Gasteiger partial charge in [-0.25, -0.2) is 13.2 Å². The van der Waals surface area contributed by atoms with Crippen molar-refractivity contribution < 1.29 is 17.6 Å². The molecule has 1 heterocycles. The number of rotatable bonds is 4. The maximum absolute atomic E-state index is 11.8. The number of carbonyl (C=O) groups excluding carboxylic acids is 1. The Balaban J connectivity index is 2.06. The maximum Gasteiger partial charge on any atom is 0.319 e. The molecule has 0 unspecified atom stereocenters. The van der Waals surface area contributed by atoms with E-state index in [0.29, 0.717) is 11.4 Å². The van der Waals surface area contributed by atoms with Gasteiger partial charge in [-0.2, -0.15) is 0 Å². The summed E-state index contributed by atoms with van der Waals surface area (Å²) in [5.74, 6) is 0.631. The third-order valence-electron chi connectivity index (χ3n) is 2.89. The number of amides is 2. The summed E-state index contributed by atoms with van der Waals surface area (Å²) in [6.07, 6.45) is 2.65. The van der Waals surface area contributed by atoms with E-state index in [0.717, 1.165) is 11.8 Å². The van der Waals surface area contributed by atoms with Gasteiger partial charge in [0.1, 0.15) is 5.76 Å². The SMILES string of the molecule is Cc1ccc(S(C)(=O)=O)cc1NC(=O)NCc1ccco1. The van der Waals surface area contributed by atoms with Gasteiger partial charge in [0, 0.05) is 11.9 Å². The number of nitrogens with one attached hydrogen (secondary N) is 2. The van der Waals surface area contributed by atoms with Crippen molar-refractivity contribution in [3.63, 3.8) is 0 Å². The first-order valence-corrected chi connectivity index (χ1v) is 8.13. The Bertz CT molecular complexity index is 736. The van der Waals surface area contributed by atoms with Crippen molar-refractivity contribution in [1.29, 1.82) is 0 Å². The smallest absolute Gasteiger partial charge is 0.319 e. The lowest BCUT2D eigenvalue weighted by Crippen LogP contribution is -2.28. The highest BCUT2D eigenvalue weighted by molar-refractivity contribution is 7.90.